The van der Waals surface area contributed by atoms with Gasteiger partial charge in [-0.1, -0.05) is 31.9 Å². The molecule has 3 N–H and O–H groups in total. The number of hydrogen-bond donors (Lipinski definition) is 2. The monoisotopic (exact) mass is 284 g/mol. The Kier molecular flexibility index (Phi) is 6.67. The van der Waals surface area contributed by atoms with Crippen LogP contribution in [-0.4, -0.2) is 25.1 Å². The first-order chi connectivity index (χ1) is 9.04. The molecule has 0 bridgehead atoms. The molecule has 0 aromatic heterocycles. The van der Waals surface area contributed by atoms with Crippen molar-refractivity contribution in [3.05, 3.63) is 29.3 Å². The van der Waals surface area contributed by atoms with Crippen molar-refractivity contribution < 1.29 is 9.53 Å². The summed E-state index contributed by atoms with van der Waals surface area (Å²) in [6, 6.07) is 6.63. The van der Waals surface area contributed by atoms with Crippen molar-refractivity contribution in [1.29, 1.82) is 0 Å². The Morgan fingerprint density at radius 3 is 2.63 bits per heavy atom. The fraction of sp³-hybridized carbons (Fsp3) is 0.500. The zero-order valence-corrected chi connectivity index (χ0v) is 12.1. The number of benzene rings is 1. The molecule has 106 valence electrons. The Bertz CT molecular complexity index is 395. The number of nitrogens with two attached hydrogens (primary N) is 1. The molecule has 2 atom stereocenters. The molecule has 5 heteroatoms. The standard InChI is InChI=1S/C14H21ClN2O2/c1-3-10(2)13(16)14(18)17-8-9-19-12-6-4-11(15)5-7-12/h4-7,10,13H,3,8-9,16H2,1-2H3,(H,17,18). The molecule has 0 aliphatic heterocycles. The lowest BCUT2D eigenvalue weighted by Crippen LogP contribution is -2.45. The summed E-state index contributed by atoms with van der Waals surface area (Å²) < 4.78 is 5.46. The SMILES string of the molecule is CCC(C)C(N)C(=O)NCCOc1ccc(Cl)cc1. The van der Waals surface area contributed by atoms with Crippen LogP contribution >= 0.6 is 11.6 Å². The van der Waals surface area contributed by atoms with Crippen molar-refractivity contribution in [2.75, 3.05) is 13.2 Å². The van der Waals surface area contributed by atoms with Crippen molar-refractivity contribution in [3.8, 4) is 5.75 Å². The number of nitrogens with one attached hydrogen (secondary N) is 1. The van der Waals surface area contributed by atoms with E-state index in [0.717, 1.165) is 12.2 Å². The number of rotatable bonds is 7. The minimum Gasteiger partial charge on any atom is -0.492 e. The van der Waals surface area contributed by atoms with Gasteiger partial charge in [-0.2, -0.15) is 0 Å². The minimum atomic E-state index is -0.458. The highest BCUT2D eigenvalue weighted by molar-refractivity contribution is 6.30. The lowest BCUT2D eigenvalue weighted by molar-refractivity contribution is -0.123. The summed E-state index contributed by atoms with van der Waals surface area (Å²) in [5.41, 5.74) is 5.81. The topological polar surface area (TPSA) is 64.4 Å². The molecular weight excluding hydrogens is 264 g/mol. The number of carbonyl (C=O) groups is 1. The minimum absolute atomic E-state index is 0.131. The van der Waals surface area contributed by atoms with Crippen LogP contribution in [0.25, 0.3) is 0 Å². The average molecular weight is 285 g/mol. The molecule has 1 rings (SSSR count). The van der Waals surface area contributed by atoms with Crippen LogP contribution < -0.4 is 15.8 Å². The quantitative estimate of drug-likeness (QED) is 0.755. The molecule has 1 amide bonds. The van der Waals surface area contributed by atoms with Gasteiger partial charge in [0.05, 0.1) is 12.6 Å². The average Bonchev–Trinajstić information content (AvgIpc) is 2.43. The normalized spacial score (nSPS) is 13.7. The molecule has 0 radical (unpaired) electrons. The lowest BCUT2D eigenvalue weighted by Gasteiger charge is -2.17. The summed E-state index contributed by atoms with van der Waals surface area (Å²) in [5.74, 6) is 0.774. The zero-order chi connectivity index (χ0) is 14.3. The van der Waals surface area contributed by atoms with E-state index in [2.05, 4.69) is 5.32 Å². The third-order valence-electron chi connectivity index (χ3n) is 3.04. The van der Waals surface area contributed by atoms with E-state index >= 15 is 0 Å². The highest BCUT2D eigenvalue weighted by atomic mass is 35.5. The van der Waals surface area contributed by atoms with E-state index in [1.807, 2.05) is 13.8 Å². The van der Waals surface area contributed by atoms with Gasteiger partial charge < -0.3 is 15.8 Å². The molecular formula is C14H21ClN2O2. The van der Waals surface area contributed by atoms with Crippen molar-refractivity contribution in [2.45, 2.75) is 26.3 Å². The van der Waals surface area contributed by atoms with Crippen LogP contribution in [0.1, 0.15) is 20.3 Å². The Balaban J connectivity index is 2.23. The zero-order valence-electron chi connectivity index (χ0n) is 11.4. The maximum absolute atomic E-state index is 11.7. The van der Waals surface area contributed by atoms with Gasteiger partial charge >= 0.3 is 0 Å². The fourth-order valence-corrected chi connectivity index (χ4v) is 1.63. The summed E-state index contributed by atoms with van der Waals surface area (Å²) in [6.45, 7) is 4.82. The molecule has 0 spiro atoms. The summed E-state index contributed by atoms with van der Waals surface area (Å²) in [5, 5.41) is 3.43. The molecule has 0 fully saturated rings. The van der Waals surface area contributed by atoms with Gasteiger partial charge in [-0.05, 0) is 30.2 Å². The highest BCUT2D eigenvalue weighted by Gasteiger charge is 2.18. The maximum Gasteiger partial charge on any atom is 0.237 e. The third-order valence-corrected chi connectivity index (χ3v) is 3.30. The molecule has 2 unspecified atom stereocenters. The first kappa shape index (κ1) is 15.8. The first-order valence-corrected chi connectivity index (χ1v) is 6.84. The van der Waals surface area contributed by atoms with Gasteiger partial charge in [0.15, 0.2) is 0 Å². The molecule has 0 aliphatic carbocycles. The van der Waals surface area contributed by atoms with Gasteiger partial charge in [-0.3, -0.25) is 4.79 Å². The van der Waals surface area contributed by atoms with E-state index in [4.69, 9.17) is 22.1 Å². The van der Waals surface area contributed by atoms with Crippen LogP contribution in [0.3, 0.4) is 0 Å². The van der Waals surface area contributed by atoms with Crippen LogP contribution in [0.4, 0.5) is 0 Å². The second-order valence-electron chi connectivity index (χ2n) is 4.50. The smallest absolute Gasteiger partial charge is 0.237 e. The second kappa shape index (κ2) is 8.02. The lowest BCUT2D eigenvalue weighted by atomic mass is 9.99. The highest BCUT2D eigenvalue weighted by Crippen LogP contribution is 2.15. The first-order valence-electron chi connectivity index (χ1n) is 6.46. The molecule has 0 saturated heterocycles. The molecule has 19 heavy (non-hydrogen) atoms. The van der Waals surface area contributed by atoms with Gasteiger partial charge in [-0.15, -0.1) is 0 Å². The van der Waals surface area contributed by atoms with Gasteiger partial charge in [0.1, 0.15) is 12.4 Å². The Morgan fingerprint density at radius 2 is 2.05 bits per heavy atom. The van der Waals surface area contributed by atoms with E-state index in [1.54, 1.807) is 24.3 Å². The molecule has 0 saturated carbocycles. The van der Waals surface area contributed by atoms with Crippen LogP contribution in [0.2, 0.25) is 5.02 Å². The van der Waals surface area contributed by atoms with Gasteiger partial charge in [-0.25, -0.2) is 0 Å². The number of amides is 1. The van der Waals surface area contributed by atoms with Crippen LogP contribution in [-0.2, 0) is 4.79 Å². The van der Waals surface area contributed by atoms with Crippen molar-refractivity contribution in [2.24, 2.45) is 11.7 Å². The van der Waals surface area contributed by atoms with Crippen LogP contribution in [0.5, 0.6) is 5.75 Å². The Hall–Kier alpha value is -1.26. The second-order valence-corrected chi connectivity index (χ2v) is 4.94. The largest absolute Gasteiger partial charge is 0.492 e. The van der Waals surface area contributed by atoms with Gasteiger partial charge in [0.2, 0.25) is 5.91 Å². The number of carbonyl (C=O) groups excluding carboxylic acids is 1. The molecule has 0 aliphatic rings. The van der Waals surface area contributed by atoms with E-state index < -0.39 is 6.04 Å². The summed E-state index contributed by atoms with van der Waals surface area (Å²) in [4.78, 5) is 11.7. The molecule has 1 aromatic carbocycles. The maximum atomic E-state index is 11.7. The van der Waals surface area contributed by atoms with Gasteiger partial charge in [0, 0.05) is 5.02 Å². The van der Waals surface area contributed by atoms with E-state index in [0.29, 0.717) is 18.2 Å². The predicted octanol–water partition coefficient (Wildman–Crippen LogP) is 2.21. The van der Waals surface area contributed by atoms with E-state index in [1.165, 1.54) is 0 Å². The predicted molar refractivity (Wildman–Crippen MR) is 77.4 cm³/mol. The summed E-state index contributed by atoms with van der Waals surface area (Å²) in [6.07, 6.45) is 0.885. The van der Waals surface area contributed by atoms with Crippen molar-refractivity contribution in [3.63, 3.8) is 0 Å². The summed E-state index contributed by atoms with van der Waals surface area (Å²) in [7, 11) is 0. The number of hydrogen-bond acceptors (Lipinski definition) is 3. The van der Waals surface area contributed by atoms with Crippen LogP contribution in [0.15, 0.2) is 24.3 Å². The third kappa shape index (κ3) is 5.49. The van der Waals surface area contributed by atoms with Gasteiger partial charge in [0.25, 0.3) is 0 Å². The molecule has 0 heterocycles. The van der Waals surface area contributed by atoms with E-state index in [9.17, 15) is 4.79 Å². The molecule has 4 nitrogen and oxygen atoms in total. The van der Waals surface area contributed by atoms with Crippen LogP contribution in [0, 0.1) is 5.92 Å². The number of halogens is 1. The number of ether oxygens (including phenoxy) is 1. The van der Waals surface area contributed by atoms with Crippen molar-refractivity contribution in [1.82, 2.24) is 5.32 Å². The Labute approximate surface area is 119 Å². The van der Waals surface area contributed by atoms with Crippen molar-refractivity contribution >= 4 is 17.5 Å². The van der Waals surface area contributed by atoms with E-state index in [-0.39, 0.29) is 11.8 Å². The molecule has 1 aromatic rings. The Morgan fingerprint density at radius 1 is 1.42 bits per heavy atom. The fourth-order valence-electron chi connectivity index (χ4n) is 1.50. The summed E-state index contributed by atoms with van der Waals surface area (Å²) >= 11 is 5.77.